The van der Waals surface area contributed by atoms with Gasteiger partial charge in [0, 0.05) is 35.8 Å². The highest BCUT2D eigenvalue weighted by atomic mass is 19.3. The minimum Gasteiger partial charge on any atom is -0.415 e. The zero-order valence-electron chi connectivity index (χ0n) is 13.1. The fraction of sp³-hybridized carbons (Fsp3) is 0.438. The number of aromatic nitrogens is 2. The van der Waals surface area contributed by atoms with E-state index in [1.807, 2.05) is 0 Å². The third-order valence-corrected chi connectivity index (χ3v) is 4.54. The number of hydrogen-bond acceptors (Lipinski definition) is 5. The van der Waals surface area contributed by atoms with Crippen molar-refractivity contribution in [2.45, 2.75) is 31.9 Å². The van der Waals surface area contributed by atoms with Crippen LogP contribution in [-0.2, 0) is 6.54 Å². The van der Waals surface area contributed by atoms with Crippen molar-refractivity contribution >= 4 is 5.91 Å². The first-order valence-corrected chi connectivity index (χ1v) is 8.00. The number of hydrogen-bond donors (Lipinski definition) is 1. The maximum absolute atomic E-state index is 14.4. The van der Waals surface area contributed by atoms with E-state index in [0.29, 0.717) is 12.1 Å². The molecular formula is C16H15F3N4O2. The molecule has 132 valence electrons. The summed E-state index contributed by atoms with van der Waals surface area (Å²) in [4.78, 5) is 14.2. The Morgan fingerprint density at radius 3 is 2.88 bits per heavy atom. The first-order chi connectivity index (χ1) is 12.0. The fourth-order valence-electron chi connectivity index (χ4n) is 3.31. The van der Waals surface area contributed by atoms with Gasteiger partial charge in [-0.1, -0.05) is 0 Å². The Bertz CT molecular complexity index is 818. The summed E-state index contributed by atoms with van der Waals surface area (Å²) in [7, 11) is 0. The van der Waals surface area contributed by atoms with Crippen LogP contribution >= 0.6 is 0 Å². The van der Waals surface area contributed by atoms with Crippen molar-refractivity contribution in [3.63, 3.8) is 0 Å². The van der Waals surface area contributed by atoms with E-state index in [2.05, 4.69) is 15.5 Å². The van der Waals surface area contributed by atoms with E-state index < -0.39 is 18.1 Å². The molecule has 1 fully saturated rings. The molecule has 4 rings (SSSR count). The third-order valence-electron chi connectivity index (χ3n) is 4.54. The molecule has 0 aliphatic carbocycles. The van der Waals surface area contributed by atoms with Crippen LogP contribution in [0.5, 0.6) is 0 Å². The number of carbonyl (C=O) groups excluding carboxylic acids is 1. The van der Waals surface area contributed by atoms with E-state index in [4.69, 9.17) is 4.42 Å². The molecule has 0 bridgehead atoms. The molecule has 9 heteroatoms. The number of benzene rings is 1. The van der Waals surface area contributed by atoms with Crippen molar-refractivity contribution in [2.75, 3.05) is 13.1 Å². The molecule has 0 saturated carbocycles. The lowest BCUT2D eigenvalue weighted by Gasteiger charge is -2.20. The smallest absolute Gasteiger partial charge is 0.314 e. The van der Waals surface area contributed by atoms with Gasteiger partial charge in [0.05, 0.1) is 0 Å². The summed E-state index contributed by atoms with van der Waals surface area (Å²) >= 11 is 0. The van der Waals surface area contributed by atoms with Crippen LogP contribution in [0, 0.1) is 5.82 Å². The van der Waals surface area contributed by atoms with Gasteiger partial charge >= 0.3 is 6.43 Å². The first kappa shape index (κ1) is 16.1. The summed E-state index contributed by atoms with van der Waals surface area (Å²) < 4.78 is 44.4. The molecule has 6 nitrogen and oxygen atoms in total. The summed E-state index contributed by atoms with van der Waals surface area (Å²) in [6.45, 7) is 1.63. The highest BCUT2D eigenvalue weighted by Crippen LogP contribution is 2.31. The molecule has 2 aromatic rings. The normalized spacial score (nSPS) is 19.9. The maximum atomic E-state index is 14.4. The number of nitrogens with one attached hydrogen (secondary N) is 1. The van der Waals surface area contributed by atoms with Crippen molar-refractivity contribution in [3.05, 3.63) is 35.0 Å². The van der Waals surface area contributed by atoms with Crippen molar-refractivity contribution in [1.29, 1.82) is 0 Å². The molecule has 1 aromatic carbocycles. The zero-order valence-corrected chi connectivity index (χ0v) is 13.1. The van der Waals surface area contributed by atoms with Gasteiger partial charge in [0.1, 0.15) is 5.82 Å². The molecule has 0 unspecified atom stereocenters. The molecule has 0 radical (unpaired) electrons. The topological polar surface area (TPSA) is 71.3 Å². The van der Waals surface area contributed by atoms with Gasteiger partial charge in [-0.15, -0.1) is 10.2 Å². The van der Waals surface area contributed by atoms with Gasteiger partial charge in [-0.25, -0.2) is 4.39 Å². The predicted molar refractivity (Wildman–Crippen MR) is 80.4 cm³/mol. The van der Waals surface area contributed by atoms with Crippen LogP contribution in [0.2, 0.25) is 0 Å². The number of nitrogens with zero attached hydrogens (tertiary/aromatic N) is 3. The molecule has 3 heterocycles. The Morgan fingerprint density at radius 2 is 2.20 bits per heavy atom. The Labute approximate surface area is 141 Å². The van der Waals surface area contributed by atoms with Gasteiger partial charge in [0.25, 0.3) is 11.8 Å². The first-order valence-electron chi connectivity index (χ1n) is 8.00. The summed E-state index contributed by atoms with van der Waals surface area (Å²) in [6.07, 6.45) is -0.870. The van der Waals surface area contributed by atoms with E-state index in [0.717, 1.165) is 25.5 Å². The number of rotatable bonds is 4. The SMILES string of the molecule is O=C1c2cc(-c3nnc(C(F)F)o3)cc(F)c2CN1C[C@@H]1CCCN1. The molecule has 25 heavy (non-hydrogen) atoms. The second-order valence-corrected chi connectivity index (χ2v) is 6.21. The summed E-state index contributed by atoms with van der Waals surface area (Å²) in [5.41, 5.74) is 0.634. The predicted octanol–water partition coefficient (Wildman–Crippen LogP) is 2.52. The van der Waals surface area contributed by atoms with E-state index in [9.17, 15) is 18.0 Å². The van der Waals surface area contributed by atoms with E-state index >= 15 is 0 Å². The molecule has 2 aliphatic heterocycles. The van der Waals surface area contributed by atoms with Crippen LogP contribution in [0.15, 0.2) is 16.5 Å². The van der Waals surface area contributed by atoms with Crippen LogP contribution in [0.4, 0.5) is 13.2 Å². The lowest BCUT2D eigenvalue weighted by molar-refractivity contribution is 0.0765. The van der Waals surface area contributed by atoms with Crippen LogP contribution in [0.25, 0.3) is 11.5 Å². The summed E-state index contributed by atoms with van der Waals surface area (Å²) in [5.74, 6) is -1.94. The van der Waals surface area contributed by atoms with Crippen LogP contribution in [0.3, 0.4) is 0 Å². The van der Waals surface area contributed by atoms with Gasteiger partial charge in [0.15, 0.2) is 0 Å². The Morgan fingerprint density at radius 1 is 1.36 bits per heavy atom. The van der Waals surface area contributed by atoms with Crippen LogP contribution in [0.1, 0.15) is 41.1 Å². The monoisotopic (exact) mass is 352 g/mol. The van der Waals surface area contributed by atoms with Gasteiger partial charge < -0.3 is 14.6 Å². The average molecular weight is 352 g/mol. The molecular weight excluding hydrogens is 337 g/mol. The van der Waals surface area contributed by atoms with Crippen LogP contribution < -0.4 is 5.32 Å². The lowest BCUT2D eigenvalue weighted by atomic mass is 10.1. The van der Waals surface area contributed by atoms with Gasteiger partial charge in [-0.05, 0) is 31.5 Å². The Balaban J connectivity index is 1.62. The lowest BCUT2D eigenvalue weighted by Crippen LogP contribution is -2.37. The standard InChI is InChI=1S/C16H15F3N4O2/c17-12-5-8(14-21-22-15(25-14)13(18)19)4-10-11(12)7-23(16(10)24)6-9-2-1-3-20-9/h4-5,9,13,20H,1-3,6-7H2/t9-/m0/s1. The number of amides is 1. The largest absolute Gasteiger partial charge is 0.415 e. The number of halogens is 3. The van der Waals surface area contributed by atoms with Gasteiger partial charge in [0.2, 0.25) is 5.89 Å². The minimum absolute atomic E-state index is 0.116. The van der Waals surface area contributed by atoms with E-state index in [1.54, 1.807) is 4.90 Å². The second kappa shape index (κ2) is 6.14. The highest BCUT2D eigenvalue weighted by Gasteiger charge is 2.33. The fourth-order valence-corrected chi connectivity index (χ4v) is 3.31. The van der Waals surface area contributed by atoms with Crippen molar-refractivity contribution < 1.29 is 22.4 Å². The van der Waals surface area contributed by atoms with E-state index in [1.165, 1.54) is 6.07 Å². The molecule has 2 aliphatic rings. The Hall–Kier alpha value is -2.42. The molecule has 1 N–H and O–H groups in total. The van der Waals surface area contributed by atoms with Gasteiger partial charge in [-0.2, -0.15) is 8.78 Å². The zero-order chi connectivity index (χ0) is 17.6. The number of fused-ring (bicyclic) bond motifs is 1. The third kappa shape index (κ3) is 2.88. The molecule has 1 aromatic heterocycles. The average Bonchev–Trinajstić information content (AvgIpc) is 3.30. The van der Waals surface area contributed by atoms with Crippen molar-refractivity contribution in [3.8, 4) is 11.5 Å². The van der Waals surface area contributed by atoms with Crippen molar-refractivity contribution in [1.82, 2.24) is 20.4 Å². The van der Waals surface area contributed by atoms with Crippen LogP contribution in [-0.4, -0.2) is 40.1 Å². The number of carbonyl (C=O) groups is 1. The maximum Gasteiger partial charge on any atom is 0.314 e. The van der Waals surface area contributed by atoms with E-state index in [-0.39, 0.29) is 35.5 Å². The molecule has 1 amide bonds. The molecule has 0 spiro atoms. The number of alkyl halides is 2. The van der Waals surface area contributed by atoms with Crippen molar-refractivity contribution in [2.24, 2.45) is 0 Å². The van der Waals surface area contributed by atoms with Gasteiger partial charge in [-0.3, -0.25) is 4.79 Å². The summed E-state index contributed by atoms with van der Waals surface area (Å²) in [5, 5.41) is 10.0. The Kier molecular flexibility index (Phi) is 3.95. The molecule has 1 atom stereocenters. The minimum atomic E-state index is -2.91. The quantitative estimate of drug-likeness (QED) is 0.916. The second-order valence-electron chi connectivity index (χ2n) is 6.21. The summed E-state index contributed by atoms with van der Waals surface area (Å²) in [6, 6.07) is 2.77. The highest BCUT2D eigenvalue weighted by molar-refractivity contribution is 5.99. The molecule has 1 saturated heterocycles.